The van der Waals surface area contributed by atoms with Gasteiger partial charge in [0.2, 0.25) is 0 Å². The zero-order valence-corrected chi connectivity index (χ0v) is 8.85. The van der Waals surface area contributed by atoms with Gasteiger partial charge in [-0.25, -0.2) is 0 Å². The van der Waals surface area contributed by atoms with Gasteiger partial charge in [0.25, 0.3) is 0 Å². The van der Waals surface area contributed by atoms with Crippen LogP contribution in [0.4, 0.5) is 0 Å². The van der Waals surface area contributed by atoms with Crippen LogP contribution in [-0.2, 0) is 0 Å². The van der Waals surface area contributed by atoms with E-state index in [1.165, 1.54) is 12.8 Å². The quantitative estimate of drug-likeness (QED) is 0.552. The van der Waals surface area contributed by atoms with Crippen LogP contribution in [-0.4, -0.2) is 34.8 Å². The highest BCUT2D eigenvalue weighted by atomic mass is 35.5. The van der Waals surface area contributed by atoms with Gasteiger partial charge in [0.1, 0.15) is 0 Å². The van der Waals surface area contributed by atoms with Gasteiger partial charge in [-0.15, -0.1) is 23.2 Å². The van der Waals surface area contributed by atoms with Gasteiger partial charge >= 0.3 is 0 Å². The summed E-state index contributed by atoms with van der Waals surface area (Å²) in [5.41, 5.74) is 0. The van der Waals surface area contributed by atoms with Gasteiger partial charge in [0.05, 0.1) is 0 Å². The first-order chi connectivity index (χ1) is 5.70. The molecule has 3 heteroatoms. The standard InChI is InChI=1S/C9H15Cl2N/c1-12-8-4-2-6(10)9(12)5-3-7(8)11/h6-9H,2-5H2,1H3/t6-,7-,8?,9?/m1/s1. The van der Waals surface area contributed by atoms with Gasteiger partial charge in [-0.1, -0.05) is 0 Å². The molecule has 0 spiro atoms. The average Bonchev–Trinajstić information content (AvgIpc) is 2.01. The van der Waals surface area contributed by atoms with Crippen LogP contribution in [0, 0.1) is 0 Å². The molecule has 0 radical (unpaired) electrons. The molecule has 0 amide bonds. The van der Waals surface area contributed by atoms with E-state index in [-0.39, 0.29) is 0 Å². The van der Waals surface area contributed by atoms with E-state index in [0.29, 0.717) is 22.8 Å². The van der Waals surface area contributed by atoms with E-state index in [4.69, 9.17) is 23.2 Å². The Bertz CT molecular complexity index is 156. The largest absolute Gasteiger partial charge is 0.298 e. The number of piperidine rings is 2. The molecule has 2 unspecified atom stereocenters. The van der Waals surface area contributed by atoms with Crippen LogP contribution in [0.3, 0.4) is 0 Å². The van der Waals surface area contributed by atoms with E-state index in [9.17, 15) is 0 Å². The summed E-state index contributed by atoms with van der Waals surface area (Å²) in [6.45, 7) is 0. The monoisotopic (exact) mass is 207 g/mol. The minimum absolute atomic E-state index is 0.357. The number of hydrogen-bond donors (Lipinski definition) is 0. The highest BCUT2D eigenvalue weighted by molar-refractivity contribution is 6.22. The summed E-state index contributed by atoms with van der Waals surface area (Å²) in [5, 5.41) is 0.714. The van der Waals surface area contributed by atoms with Gasteiger partial charge in [0.15, 0.2) is 0 Å². The topological polar surface area (TPSA) is 3.24 Å². The van der Waals surface area contributed by atoms with Crippen LogP contribution in [0.25, 0.3) is 0 Å². The van der Waals surface area contributed by atoms with E-state index in [2.05, 4.69) is 11.9 Å². The zero-order chi connectivity index (χ0) is 8.72. The molecule has 0 aliphatic carbocycles. The fourth-order valence-corrected chi connectivity index (χ4v) is 3.43. The molecular weight excluding hydrogens is 193 g/mol. The third-order valence-corrected chi connectivity index (χ3v) is 4.38. The van der Waals surface area contributed by atoms with Crippen molar-refractivity contribution in [1.29, 1.82) is 0 Å². The van der Waals surface area contributed by atoms with Gasteiger partial charge in [0, 0.05) is 22.8 Å². The fraction of sp³-hybridized carbons (Fsp3) is 1.00. The first-order valence-electron chi connectivity index (χ1n) is 4.70. The van der Waals surface area contributed by atoms with Crippen LogP contribution in [0.2, 0.25) is 0 Å². The molecule has 0 aromatic carbocycles. The average molecular weight is 208 g/mol. The third kappa shape index (κ3) is 1.36. The number of rotatable bonds is 0. The van der Waals surface area contributed by atoms with Crippen molar-refractivity contribution in [3.8, 4) is 0 Å². The lowest BCUT2D eigenvalue weighted by molar-refractivity contribution is 0.0738. The number of hydrogen-bond acceptors (Lipinski definition) is 1. The normalized spacial score (nSPS) is 49.2. The Morgan fingerprint density at radius 3 is 1.75 bits per heavy atom. The van der Waals surface area contributed by atoms with Gasteiger partial charge in [-0.2, -0.15) is 0 Å². The van der Waals surface area contributed by atoms with Crippen molar-refractivity contribution in [2.75, 3.05) is 7.05 Å². The molecule has 12 heavy (non-hydrogen) atoms. The number of alkyl halides is 2. The van der Waals surface area contributed by atoms with Crippen LogP contribution >= 0.6 is 23.2 Å². The molecule has 2 bridgehead atoms. The van der Waals surface area contributed by atoms with Gasteiger partial charge in [-0.3, -0.25) is 4.90 Å². The highest BCUT2D eigenvalue weighted by Gasteiger charge is 2.40. The lowest BCUT2D eigenvalue weighted by Gasteiger charge is -2.48. The van der Waals surface area contributed by atoms with E-state index in [0.717, 1.165) is 12.8 Å². The highest BCUT2D eigenvalue weighted by Crippen LogP contribution is 2.37. The molecule has 0 N–H and O–H groups in total. The second-order valence-corrected chi connectivity index (χ2v) is 5.11. The van der Waals surface area contributed by atoms with Crippen molar-refractivity contribution >= 4 is 23.2 Å². The predicted octanol–water partition coefficient (Wildman–Crippen LogP) is 2.46. The van der Waals surface area contributed by atoms with E-state index < -0.39 is 0 Å². The lowest BCUT2D eigenvalue weighted by atomic mass is 9.84. The molecule has 70 valence electrons. The van der Waals surface area contributed by atoms with Crippen molar-refractivity contribution in [1.82, 2.24) is 4.90 Å². The van der Waals surface area contributed by atoms with Crippen molar-refractivity contribution in [3.05, 3.63) is 0 Å². The van der Waals surface area contributed by atoms with Crippen LogP contribution in [0.1, 0.15) is 25.7 Å². The Kier molecular flexibility index (Phi) is 2.55. The summed E-state index contributed by atoms with van der Waals surface area (Å²) in [5.74, 6) is 0. The second-order valence-electron chi connectivity index (χ2n) is 3.99. The Hall–Kier alpha value is 0.540. The molecule has 2 aliphatic heterocycles. The van der Waals surface area contributed by atoms with Crippen molar-refractivity contribution in [2.45, 2.75) is 48.5 Å². The minimum Gasteiger partial charge on any atom is -0.298 e. The summed E-state index contributed by atoms with van der Waals surface area (Å²) < 4.78 is 0. The summed E-state index contributed by atoms with van der Waals surface area (Å²) in [4.78, 5) is 2.39. The first-order valence-corrected chi connectivity index (χ1v) is 5.57. The Labute approximate surface area is 84.0 Å². The molecule has 0 saturated carbocycles. The van der Waals surface area contributed by atoms with Crippen molar-refractivity contribution in [2.24, 2.45) is 0 Å². The van der Waals surface area contributed by atoms with Crippen molar-refractivity contribution in [3.63, 3.8) is 0 Å². The molecule has 4 atom stereocenters. The summed E-state index contributed by atoms with van der Waals surface area (Å²) in [7, 11) is 2.17. The van der Waals surface area contributed by atoms with E-state index in [1.807, 2.05) is 0 Å². The number of halogens is 2. The SMILES string of the molecule is CN1C2CC[C@@H](Cl)C1CC[C@H]2Cl. The Morgan fingerprint density at radius 2 is 1.33 bits per heavy atom. The number of fused-ring (bicyclic) bond motifs is 2. The maximum atomic E-state index is 6.24. The first kappa shape index (κ1) is 9.11. The van der Waals surface area contributed by atoms with Crippen LogP contribution < -0.4 is 0 Å². The predicted molar refractivity (Wildman–Crippen MR) is 53.1 cm³/mol. The molecule has 2 fully saturated rings. The van der Waals surface area contributed by atoms with Crippen LogP contribution in [0.15, 0.2) is 0 Å². The molecule has 2 heterocycles. The molecule has 2 aliphatic rings. The molecule has 2 saturated heterocycles. The smallest absolute Gasteiger partial charge is 0.0492 e. The molecule has 0 aromatic heterocycles. The summed E-state index contributed by atoms with van der Waals surface area (Å²) >= 11 is 12.5. The maximum absolute atomic E-state index is 6.24. The third-order valence-electron chi connectivity index (χ3n) is 3.36. The second kappa shape index (κ2) is 3.36. The molecule has 2 rings (SSSR count). The summed E-state index contributed by atoms with van der Waals surface area (Å²) in [6, 6.07) is 1.17. The fourth-order valence-electron chi connectivity index (χ4n) is 2.57. The molecule has 1 nitrogen and oxygen atoms in total. The molecule has 0 aromatic rings. The van der Waals surface area contributed by atoms with Crippen LogP contribution in [0.5, 0.6) is 0 Å². The van der Waals surface area contributed by atoms with Crippen molar-refractivity contribution < 1.29 is 0 Å². The maximum Gasteiger partial charge on any atom is 0.0492 e. The van der Waals surface area contributed by atoms with Gasteiger partial charge < -0.3 is 0 Å². The number of nitrogens with zero attached hydrogens (tertiary/aromatic N) is 1. The zero-order valence-electron chi connectivity index (χ0n) is 7.34. The minimum atomic E-state index is 0.357. The van der Waals surface area contributed by atoms with E-state index in [1.54, 1.807) is 0 Å². The Balaban J connectivity index is 2.12. The Morgan fingerprint density at radius 1 is 0.917 bits per heavy atom. The van der Waals surface area contributed by atoms with E-state index >= 15 is 0 Å². The molecular formula is C9H15Cl2N. The lowest BCUT2D eigenvalue weighted by Crippen LogP contribution is -2.56. The summed E-state index contributed by atoms with van der Waals surface area (Å²) in [6.07, 6.45) is 4.64. The van der Waals surface area contributed by atoms with Gasteiger partial charge in [-0.05, 0) is 32.7 Å².